The van der Waals surface area contributed by atoms with E-state index in [2.05, 4.69) is 24.5 Å². The first-order valence-corrected chi connectivity index (χ1v) is 6.33. The first-order chi connectivity index (χ1) is 8.42. The number of hydrogen-bond acceptors (Lipinski definition) is 3. The molecule has 1 aliphatic rings. The fourth-order valence-corrected chi connectivity index (χ4v) is 2.64. The second-order valence-corrected chi connectivity index (χ2v) is 5.31. The van der Waals surface area contributed by atoms with E-state index in [1.807, 2.05) is 0 Å². The van der Waals surface area contributed by atoms with Gasteiger partial charge in [-0.25, -0.2) is 9.59 Å². The molecule has 6 nitrogen and oxygen atoms in total. The van der Waals surface area contributed by atoms with Gasteiger partial charge in [-0.1, -0.05) is 13.8 Å². The molecule has 0 heterocycles. The van der Waals surface area contributed by atoms with E-state index in [4.69, 9.17) is 10.2 Å². The third-order valence-corrected chi connectivity index (χ3v) is 3.30. The number of carbonyl (C=O) groups excluding carboxylic acids is 1. The van der Waals surface area contributed by atoms with Gasteiger partial charge in [0.2, 0.25) is 0 Å². The molecule has 0 saturated heterocycles. The minimum atomic E-state index is -1.25. The molecule has 6 heteroatoms. The van der Waals surface area contributed by atoms with Gasteiger partial charge in [0.05, 0.1) is 6.61 Å². The number of hydrogen-bond donors (Lipinski definition) is 4. The minimum Gasteiger partial charge on any atom is -0.480 e. The number of carbonyl (C=O) groups is 2. The lowest BCUT2D eigenvalue weighted by Gasteiger charge is -2.32. The van der Waals surface area contributed by atoms with Crippen molar-refractivity contribution in [1.29, 1.82) is 0 Å². The molecule has 4 N–H and O–H groups in total. The van der Waals surface area contributed by atoms with Gasteiger partial charge in [-0.05, 0) is 31.1 Å². The Morgan fingerprint density at radius 2 is 1.78 bits per heavy atom. The smallest absolute Gasteiger partial charge is 0.328 e. The molecule has 2 amide bonds. The van der Waals surface area contributed by atoms with Crippen LogP contribution in [0.2, 0.25) is 0 Å². The highest BCUT2D eigenvalue weighted by atomic mass is 16.4. The molecule has 0 radical (unpaired) electrons. The molecule has 1 aliphatic carbocycles. The van der Waals surface area contributed by atoms with Gasteiger partial charge in [-0.15, -0.1) is 0 Å². The Labute approximate surface area is 107 Å². The van der Waals surface area contributed by atoms with Crippen LogP contribution in [0.3, 0.4) is 0 Å². The van der Waals surface area contributed by atoms with E-state index in [-0.39, 0.29) is 6.04 Å². The number of nitrogens with one attached hydrogen (secondary N) is 2. The second kappa shape index (κ2) is 6.58. The van der Waals surface area contributed by atoms with Crippen molar-refractivity contribution in [2.75, 3.05) is 6.61 Å². The SMILES string of the molecule is CC1CC(C)CC(NC(=O)N[C@H](CO)C(=O)O)C1. The lowest BCUT2D eigenvalue weighted by atomic mass is 9.80. The lowest BCUT2D eigenvalue weighted by molar-refractivity contribution is -0.140. The monoisotopic (exact) mass is 258 g/mol. The van der Waals surface area contributed by atoms with Crippen LogP contribution in [-0.4, -0.2) is 40.9 Å². The maximum absolute atomic E-state index is 11.6. The first-order valence-electron chi connectivity index (χ1n) is 6.33. The van der Waals surface area contributed by atoms with Crippen molar-refractivity contribution in [3.8, 4) is 0 Å². The molecular weight excluding hydrogens is 236 g/mol. The molecular formula is C12H22N2O4. The fraction of sp³-hybridized carbons (Fsp3) is 0.833. The predicted octanol–water partition coefficient (Wildman–Crippen LogP) is 0.556. The summed E-state index contributed by atoms with van der Waals surface area (Å²) in [7, 11) is 0. The number of aliphatic carboxylic acids is 1. The minimum absolute atomic E-state index is 0.0805. The number of urea groups is 1. The van der Waals surface area contributed by atoms with E-state index in [0.29, 0.717) is 11.8 Å². The van der Waals surface area contributed by atoms with Gasteiger partial charge < -0.3 is 20.8 Å². The average Bonchev–Trinajstić information content (AvgIpc) is 2.23. The third kappa shape index (κ3) is 4.52. The quantitative estimate of drug-likeness (QED) is 0.592. The van der Waals surface area contributed by atoms with E-state index in [0.717, 1.165) is 19.3 Å². The van der Waals surface area contributed by atoms with Crippen LogP contribution in [0.15, 0.2) is 0 Å². The van der Waals surface area contributed by atoms with Crippen molar-refractivity contribution in [1.82, 2.24) is 10.6 Å². The van der Waals surface area contributed by atoms with Crippen LogP contribution in [0.5, 0.6) is 0 Å². The molecule has 0 aromatic carbocycles. The summed E-state index contributed by atoms with van der Waals surface area (Å²) in [5.74, 6) is -0.114. The summed E-state index contributed by atoms with van der Waals surface area (Å²) in [6.45, 7) is 3.69. The van der Waals surface area contributed by atoms with Crippen LogP contribution < -0.4 is 10.6 Å². The number of rotatable bonds is 4. The Morgan fingerprint density at radius 1 is 1.22 bits per heavy atom. The topological polar surface area (TPSA) is 98.7 Å². The second-order valence-electron chi connectivity index (χ2n) is 5.31. The Bertz CT molecular complexity index is 298. The molecule has 0 aromatic rings. The van der Waals surface area contributed by atoms with Gasteiger partial charge in [0.1, 0.15) is 0 Å². The fourth-order valence-electron chi connectivity index (χ4n) is 2.64. The van der Waals surface area contributed by atoms with Crippen LogP contribution in [0, 0.1) is 11.8 Å². The largest absolute Gasteiger partial charge is 0.480 e. The average molecular weight is 258 g/mol. The van der Waals surface area contributed by atoms with Crippen molar-refractivity contribution in [2.24, 2.45) is 11.8 Å². The number of aliphatic hydroxyl groups excluding tert-OH is 1. The highest BCUT2D eigenvalue weighted by Crippen LogP contribution is 2.28. The normalized spacial score (nSPS) is 29.4. The van der Waals surface area contributed by atoms with Crippen LogP contribution in [-0.2, 0) is 4.79 Å². The highest BCUT2D eigenvalue weighted by molar-refractivity contribution is 5.82. The Morgan fingerprint density at radius 3 is 2.22 bits per heavy atom. The zero-order chi connectivity index (χ0) is 13.7. The van der Waals surface area contributed by atoms with Gasteiger partial charge in [0.15, 0.2) is 6.04 Å². The maximum atomic E-state index is 11.6. The summed E-state index contributed by atoms with van der Waals surface area (Å²) >= 11 is 0. The van der Waals surface area contributed by atoms with Crippen molar-refractivity contribution < 1.29 is 19.8 Å². The molecule has 0 aromatic heterocycles. The van der Waals surface area contributed by atoms with Gasteiger partial charge in [-0.2, -0.15) is 0 Å². The Balaban J connectivity index is 2.42. The van der Waals surface area contributed by atoms with E-state index >= 15 is 0 Å². The molecule has 1 rings (SSSR count). The van der Waals surface area contributed by atoms with E-state index in [1.54, 1.807) is 0 Å². The molecule has 104 valence electrons. The van der Waals surface area contributed by atoms with Gasteiger partial charge in [0, 0.05) is 6.04 Å². The summed E-state index contributed by atoms with van der Waals surface area (Å²) in [5, 5.41) is 22.5. The van der Waals surface area contributed by atoms with E-state index < -0.39 is 24.6 Å². The lowest BCUT2D eigenvalue weighted by Crippen LogP contribution is -2.51. The molecule has 1 fully saturated rings. The number of carboxylic acid groups (broad SMARTS) is 1. The summed E-state index contributed by atoms with van der Waals surface area (Å²) in [6, 6.07) is -1.69. The summed E-state index contributed by atoms with van der Waals surface area (Å²) in [4.78, 5) is 22.3. The van der Waals surface area contributed by atoms with Crippen LogP contribution >= 0.6 is 0 Å². The maximum Gasteiger partial charge on any atom is 0.328 e. The molecule has 0 bridgehead atoms. The molecule has 2 unspecified atom stereocenters. The summed E-state index contributed by atoms with van der Waals surface area (Å²) < 4.78 is 0. The van der Waals surface area contributed by atoms with Crippen molar-refractivity contribution in [2.45, 2.75) is 45.2 Å². The van der Waals surface area contributed by atoms with Gasteiger partial charge in [-0.3, -0.25) is 0 Å². The molecule has 18 heavy (non-hydrogen) atoms. The Kier molecular flexibility index (Phi) is 5.40. The molecule has 3 atom stereocenters. The van der Waals surface area contributed by atoms with Gasteiger partial charge in [0.25, 0.3) is 0 Å². The summed E-state index contributed by atoms with van der Waals surface area (Å²) in [5.41, 5.74) is 0. The van der Waals surface area contributed by atoms with Crippen LogP contribution in [0.1, 0.15) is 33.1 Å². The number of aliphatic hydroxyl groups is 1. The van der Waals surface area contributed by atoms with Crippen LogP contribution in [0.25, 0.3) is 0 Å². The predicted molar refractivity (Wildman–Crippen MR) is 66.1 cm³/mol. The van der Waals surface area contributed by atoms with E-state index in [9.17, 15) is 9.59 Å². The Hall–Kier alpha value is -1.30. The molecule has 0 aliphatic heterocycles. The first kappa shape index (κ1) is 14.8. The number of amides is 2. The number of carboxylic acids is 1. The van der Waals surface area contributed by atoms with Crippen molar-refractivity contribution in [3.05, 3.63) is 0 Å². The standard InChI is InChI=1S/C12H22N2O4/c1-7-3-8(2)5-9(4-7)13-12(18)14-10(6-15)11(16)17/h7-10,15H,3-6H2,1-2H3,(H,16,17)(H2,13,14,18)/t7?,8?,9?,10-/m1/s1. The molecule has 1 saturated carbocycles. The zero-order valence-electron chi connectivity index (χ0n) is 10.8. The molecule has 0 spiro atoms. The zero-order valence-corrected chi connectivity index (χ0v) is 10.8. The van der Waals surface area contributed by atoms with Gasteiger partial charge >= 0.3 is 12.0 Å². The van der Waals surface area contributed by atoms with Crippen molar-refractivity contribution in [3.63, 3.8) is 0 Å². The third-order valence-electron chi connectivity index (χ3n) is 3.30. The summed E-state index contributed by atoms with van der Waals surface area (Å²) in [6.07, 6.45) is 2.98. The highest BCUT2D eigenvalue weighted by Gasteiger charge is 2.26. The van der Waals surface area contributed by atoms with Crippen molar-refractivity contribution >= 4 is 12.0 Å². The van der Waals surface area contributed by atoms with E-state index in [1.165, 1.54) is 0 Å². The van der Waals surface area contributed by atoms with Crippen LogP contribution in [0.4, 0.5) is 4.79 Å².